The number of phenolic OH excluding ortho intramolecular Hbond substituents is 1. The van der Waals surface area contributed by atoms with Gasteiger partial charge in [0.05, 0.1) is 5.56 Å². The molecule has 1 atom stereocenters. The molecule has 0 amide bonds. The van der Waals surface area contributed by atoms with Gasteiger partial charge in [-0.2, -0.15) is 13.2 Å². The highest BCUT2D eigenvalue weighted by molar-refractivity contribution is 5.44. The topological polar surface area (TPSA) is 46.2 Å². The van der Waals surface area contributed by atoms with Gasteiger partial charge in [0.1, 0.15) is 0 Å². The predicted octanol–water partition coefficient (Wildman–Crippen LogP) is 3.74. The highest BCUT2D eigenvalue weighted by Gasteiger charge is 2.39. The van der Waals surface area contributed by atoms with E-state index in [-0.39, 0.29) is 5.92 Å². The Labute approximate surface area is 108 Å². The van der Waals surface area contributed by atoms with Crippen LogP contribution in [0.1, 0.15) is 42.9 Å². The van der Waals surface area contributed by atoms with Gasteiger partial charge in [0.2, 0.25) is 0 Å². The van der Waals surface area contributed by atoms with Gasteiger partial charge in [0.25, 0.3) is 0 Å². The molecule has 2 nitrogen and oxygen atoms in total. The first-order valence-electron chi connectivity index (χ1n) is 6.16. The van der Waals surface area contributed by atoms with Crippen molar-refractivity contribution >= 4 is 0 Å². The standard InChI is InChI=1S/C13H15F4NO/c14-9-6-5-8(13(15,16)17)10(12(9)19)11(18)7-3-1-2-4-7/h5-7,11,19H,1-4,18H2/t11-/m1/s1. The number of benzene rings is 1. The van der Waals surface area contributed by atoms with Crippen LogP contribution in [-0.4, -0.2) is 5.11 Å². The number of phenols is 1. The number of halogens is 4. The van der Waals surface area contributed by atoms with Crippen LogP contribution in [0.4, 0.5) is 17.6 Å². The fourth-order valence-corrected chi connectivity index (χ4v) is 2.72. The van der Waals surface area contributed by atoms with E-state index >= 15 is 0 Å². The highest BCUT2D eigenvalue weighted by Crippen LogP contribution is 2.44. The van der Waals surface area contributed by atoms with E-state index in [4.69, 9.17) is 5.73 Å². The minimum atomic E-state index is -4.66. The first-order chi connectivity index (χ1) is 8.82. The molecule has 0 heterocycles. The maximum atomic E-state index is 13.3. The molecule has 0 aliphatic heterocycles. The number of nitrogens with two attached hydrogens (primary N) is 1. The first-order valence-corrected chi connectivity index (χ1v) is 6.16. The van der Waals surface area contributed by atoms with E-state index in [1.165, 1.54) is 0 Å². The molecule has 6 heteroatoms. The molecule has 106 valence electrons. The molecule has 19 heavy (non-hydrogen) atoms. The predicted molar refractivity (Wildman–Crippen MR) is 62.0 cm³/mol. The molecule has 1 aromatic rings. The zero-order valence-corrected chi connectivity index (χ0v) is 10.2. The lowest BCUT2D eigenvalue weighted by molar-refractivity contribution is -0.138. The van der Waals surface area contributed by atoms with Gasteiger partial charge < -0.3 is 10.8 Å². The highest BCUT2D eigenvalue weighted by atomic mass is 19.4. The van der Waals surface area contributed by atoms with E-state index in [2.05, 4.69) is 0 Å². The first kappa shape index (κ1) is 14.1. The second-order valence-electron chi connectivity index (χ2n) is 4.93. The molecular formula is C13H15F4NO. The normalized spacial score (nSPS) is 18.8. The number of hydrogen-bond donors (Lipinski definition) is 2. The fourth-order valence-electron chi connectivity index (χ4n) is 2.72. The Kier molecular flexibility index (Phi) is 3.71. The minimum absolute atomic E-state index is 0.145. The van der Waals surface area contributed by atoms with Gasteiger partial charge in [0.15, 0.2) is 11.6 Å². The van der Waals surface area contributed by atoms with E-state index in [9.17, 15) is 22.7 Å². The third-order valence-electron chi connectivity index (χ3n) is 3.71. The van der Waals surface area contributed by atoms with Crippen molar-refractivity contribution in [1.29, 1.82) is 0 Å². The Morgan fingerprint density at radius 1 is 1.21 bits per heavy atom. The molecule has 0 unspecified atom stereocenters. The lowest BCUT2D eigenvalue weighted by Crippen LogP contribution is -2.23. The quantitative estimate of drug-likeness (QED) is 0.809. The molecule has 1 fully saturated rings. The lowest BCUT2D eigenvalue weighted by atomic mass is 9.88. The summed E-state index contributed by atoms with van der Waals surface area (Å²) < 4.78 is 52.1. The molecule has 0 aromatic heterocycles. The van der Waals surface area contributed by atoms with Crippen molar-refractivity contribution in [3.63, 3.8) is 0 Å². The zero-order chi connectivity index (χ0) is 14.2. The smallest absolute Gasteiger partial charge is 0.416 e. The summed E-state index contributed by atoms with van der Waals surface area (Å²) in [5.74, 6) is -2.19. The van der Waals surface area contributed by atoms with E-state index in [0.717, 1.165) is 12.8 Å². The summed E-state index contributed by atoms with van der Waals surface area (Å²) in [6.07, 6.45) is -1.45. The molecule has 0 saturated heterocycles. The van der Waals surface area contributed by atoms with Gasteiger partial charge in [-0.3, -0.25) is 0 Å². The lowest BCUT2D eigenvalue weighted by Gasteiger charge is -2.24. The number of alkyl halides is 3. The van der Waals surface area contributed by atoms with Crippen LogP contribution >= 0.6 is 0 Å². The Hall–Kier alpha value is -1.30. The van der Waals surface area contributed by atoms with E-state index in [1.807, 2.05) is 0 Å². The Balaban J connectivity index is 2.49. The maximum Gasteiger partial charge on any atom is 0.416 e. The molecule has 0 radical (unpaired) electrons. The molecule has 3 N–H and O–H groups in total. The van der Waals surface area contributed by atoms with Crippen LogP contribution in [0.2, 0.25) is 0 Å². The Morgan fingerprint density at radius 2 is 1.79 bits per heavy atom. The van der Waals surface area contributed by atoms with Crippen molar-refractivity contribution in [3.8, 4) is 5.75 Å². The summed E-state index contributed by atoms with van der Waals surface area (Å²) in [5.41, 5.74) is 4.28. The molecular weight excluding hydrogens is 262 g/mol. The van der Waals surface area contributed by atoms with Gasteiger partial charge in [-0.25, -0.2) is 4.39 Å². The van der Waals surface area contributed by atoms with Gasteiger partial charge in [-0.05, 0) is 30.9 Å². The minimum Gasteiger partial charge on any atom is -0.505 e. The molecule has 0 spiro atoms. The monoisotopic (exact) mass is 277 g/mol. The van der Waals surface area contributed by atoms with Gasteiger partial charge in [-0.15, -0.1) is 0 Å². The Morgan fingerprint density at radius 3 is 2.32 bits per heavy atom. The van der Waals surface area contributed by atoms with Crippen molar-refractivity contribution in [1.82, 2.24) is 0 Å². The second kappa shape index (κ2) is 5.00. The van der Waals surface area contributed by atoms with Gasteiger partial charge in [0, 0.05) is 11.6 Å². The molecule has 1 saturated carbocycles. The molecule has 2 rings (SSSR count). The molecule has 1 aromatic carbocycles. The molecule has 0 bridgehead atoms. The summed E-state index contributed by atoms with van der Waals surface area (Å²) in [5, 5.41) is 9.62. The van der Waals surface area contributed by atoms with Crippen molar-refractivity contribution in [2.45, 2.75) is 37.9 Å². The molecule has 1 aliphatic carbocycles. The summed E-state index contributed by atoms with van der Waals surface area (Å²) >= 11 is 0. The van der Waals surface area contributed by atoms with Crippen LogP contribution in [0.5, 0.6) is 5.75 Å². The Bertz CT molecular complexity index is 466. The van der Waals surface area contributed by atoms with E-state index < -0.39 is 34.9 Å². The summed E-state index contributed by atoms with van der Waals surface area (Å²) in [6, 6.07) is 0.261. The van der Waals surface area contributed by atoms with Gasteiger partial charge >= 0.3 is 6.18 Å². The average molecular weight is 277 g/mol. The van der Waals surface area contributed by atoms with Crippen LogP contribution in [-0.2, 0) is 6.18 Å². The van der Waals surface area contributed by atoms with Crippen LogP contribution in [0.3, 0.4) is 0 Å². The van der Waals surface area contributed by atoms with Crippen LogP contribution in [0.25, 0.3) is 0 Å². The average Bonchev–Trinajstić information content (AvgIpc) is 2.83. The largest absolute Gasteiger partial charge is 0.505 e. The number of hydrogen-bond acceptors (Lipinski definition) is 2. The second-order valence-corrected chi connectivity index (χ2v) is 4.93. The number of aromatic hydroxyl groups is 1. The summed E-state index contributed by atoms with van der Waals surface area (Å²) in [6.45, 7) is 0. The van der Waals surface area contributed by atoms with Crippen molar-refractivity contribution < 1.29 is 22.7 Å². The zero-order valence-electron chi connectivity index (χ0n) is 10.2. The summed E-state index contributed by atoms with van der Waals surface area (Å²) in [4.78, 5) is 0. The third-order valence-corrected chi connectivity index (χ3v) is 3.71. The van der Waals surface area contributed by atoms with Crippen molar-refractivity contribution in [3.05, 3.63) is 29.1 Å². The van der Waals surface area contributed by atoms with E-state index in [0.29, 0.717) is 25.0 Å². The fraction of sp³-hybridized carbons (Fsp3) is 0.538. The maximum absolute atomic E-state index is 13.3. The van der Waals surface area contributed by atoms with Crippen LogP contribution in [0.15, 0.2) is 12.1 Å². The van der Waals surface area contributed by atoms with Crippen molar-refractivity contribution in [2.24, 2.45) is 11.7 Å². The molecule has 1 aliphatic rings. The number of rotatable bonds is 2. The van der Waals surface area contributed by atoms with Crippen LogP contribution in [0, 0.1) is 11.7 Å². The SMILES string of the molecule is N[C@@H](c1c(C(F)(F)F)ccc(F)c1O)C1CCCC1. The van der Waals surface area contributed by atoms with Crippen LogP contribution < -0.4 is 5.73 Å². The third kappa shape index (κ3) is 2.68. The van der Waals surface area contributed by atoms with Crippen molar-refractivity contribution in [2.75, 3.05) is 0 Å². The van der Waals surface area contributed by atoms with E-state index in [1.54, 1.807) is 0 Å². The van der Waals surface area contributed by atoms with Gasteiger partial charge in [-0.1, -0.05) is 12.8 Å². The summed E-state index contributed by atoms with van der Waals surface area (Å²) in [7, 11) is 0.